The van der Waals surface area contributed by atoms with Gasteiger partial charge in [-0.15, -0.1) is 10.2 Å². The van der Waals surface area contributed by atoms with Crippen LogP contribution in [0.4, 0.5) is 0 Å². The van der Waals surface area contributed by atoms with E-state index in [2.05, 4.69) is 20.2 Å². The number of aromatic nitrogens is 6. The summed E-state index contributed by atoms with van der Waals surface area (Å²) in [7, 11) is 0. The van der Waals surface area contributed by atoms with Crippen LogP contribution in [0.15, 0.2) is 46.2 Å². The molecule has 1 aliphatic heterocycles. The van der Waals surface area contributed by atoms with Crippen LogP contribution in [-0.4, -0.2) is 53.0 Å². The van der Waals surface area contributed by atoms with Crippen LogP contribution in [0, 0.1) is 0 Å². The number of pyridine rings is 2. The maximum Gasteiger partial charge on any atom is 0.329 e. The van der Waals surface area contributed by atoms with Crippen molar-refractivity contribution in [3.05, 3.63) is 68.9 Å². The van der Waals surface area contributed by atoms with Gasteiger partial charge in [0.15, 0.2) is 5.65 Å². The van der Waals surface area contributed by atoms with E-state index in [9.17, 15) is 14.4 Å². The van der Waals surface area contributed by atoms with Crippen molar-refractivity contribution in [3.8, 4) is 0 Å². The van der Waals surface area contributed by atoms with Crippen LogP contribution in [0.2, 0.25) is 0 Å². The summed E-state index contributed by atoms with van der Waals surface area (Å²) in [4.78, 5) is 45.8. The Morgan fingerprint density at radius 3 is 2.97 bits per heavy atom. The minimum Gasteiger partial charge on any atom is -0.338 e. The van der Waals surface area contributed by atoms with Crippen molar-refractivity contribution in [2.45, 2.75) is 32.2 Å². The Hall–Kier alpha value is -3.82. The topological polar surface area (TPSA) is 118 Å². The number of aryl methyl sites for hydroxylation is 1. The van der Waals surface area contributed by atoms with Crippen LogP contribution in [0.3, 0.4) is 0 Å². The van der Waals surface area contributed by atoms with E-state index >= 15 is 0 Å². The Bertz CT molecular complexity index is 1420. The predicted molar refractivity (Wildman–Crippen MR) is 113 cm³/mol. The summed E-state index contributed by atoms with van der Waals surface area (Å²) < 4.78 is 3.33. The molecule has 0 bridgehead atoms. The molecule has 1 atom stereocenters. The van der Waals surface area contributed by atoms with Crippen LogP contribution in [0.1, 0.15) is 41.9 Å². The number of fused-ring (bicyclic) bond motifs is 2. The van der Waals surface area contributed by atoms with Gasteiger partial charge in [0.2, 0.25) is 0 Å². The van der Waals surface area contributed by atoms with Gasteiger partial charge in [-0.25, -0.2) is 9.78 Å². The molecule has 1 saturated heterocycles. The second-order valence-corrected chi connectivity index (χ2v) is 7.68. The molecule has 0 aromatic carbocycles. The fourth-order valence-corrected chi connectivity index (χ4v) is 4.27. The number of hydrogen-bond acceptors (Lipinski definition) is 6. The van der Waals surface area contributed by atoms with E-state index < -0.39 is 11.2 Å². The van der Waals surface area contributed by atoms with Gasteiger partial charge in [0, 0.05) is 37.9 Å². The number of carbonyl (C=O) groups is 1. The molecule has 1 unspecified atom stereocenters. The average molecular weight is 419 g/mol. The summed E-state index contributed by atoms with van der Waals surface area (Å²) in [5.41, 5.74) is 0.329. The summed E-state index contributed by atoms with van der Waals surface area (Å²) in [5, 5.41) is 8.80. The first kappa shape index (κ1) is 19.2. The van der Waals surface area contributed by atoms with Crippen molar-refractivity contribution in [3.63, 3.8) is 0 Å². The quantitative estimate of drug-likeness (QED) is 0.533. The van der Waals surface area contributed by atoms with Crippen LogP contribution in [-0.2, 0) is 6.54 Å². The number of likely N-dealkylation sites (tertiary alicyclic amines) is 1. The molecule has 4 aromatic rings. The smallest absolute Gasteiger partial charge is 0.329 e. The highest BCUT2D eigenvalue weighted by atomic mass is 16.2. The molecule has 1 N–H and O–H groups in total. The van der Waals surface area contributed by atoms with Crippen molar-refractivity contribution in [1.29, 1.82) is 0 Å². The lowest BCUT2D eigenvalue weighted by Crippen LogP contribution is -2.39. The molecule has 1 aliphatic rings. The van der Waals surface area contributed by atoms with E-state index in [4.69, 9.17) is 0 Å². The van der Waals surface area contributed by atoms with E-state index in [1.54, 1.807) is 11.8 Å². The number of aromatic amines is 1. The Labute approximate surface area is 176 Å². The molecular formula is C21H21N7O3. The molecule has 10 nitrogen and oxygen atoms in total. The van der Waals surface area contributed by atoms with E-state index in [1.165, 1.54) is 16.8 Å². The molecule has 158 valence electrons. The minimum absolute atomic E-state index is 0.0668. The van der Waals surface area contributed by atoms with Gasteiger partial charge in [-0.1, -0.05) is 6.07 Å². The summed E-state index contributed by atoms with van der Waals surface area (Å²) in [6.07, 6.45) is 5.12. The normalized spacial score (nSPS) is 16.8. The number of carbonyl (C=O) groups excluding carboxylic acids is 1. The fourth-order valence-electron chi connectivity index (χ4n) is 4.27. The van der Waals surface area contributed by atoms with Gasteiger partial charge >= 0.3 is 5.69 Å². The van der Waals surface area contributed by atoms with Gasteiger partial charge in [-0.05, 0) is 38.0 Å². The van der Waals surface area contributed by atoms with E-state index in [-0.39, 0.29) is 22.9 Å². The highest BCUT2D eigenvalue weighted by molar-refractivity contribution is 5.96. The summed E-state index contributed by atoms with van der Waals surface area (Å²) in [5.74, 6) is 0.715. The first-order chi connectivity index (χ1) is 15.1. The highest BCUT2D eigenvalue weighted by Crippen LogP contribution is 2.27. The lowest BCUT2D eigenvalue weighted by atomic mass is 9.96. The maximum absolute atomic E-state index is 13.2. The number of hydrogen-bond donors (Lipinski definition) is 1. The highest BCUT2D eigenvalue weighted by Gasteiger charge is 2.29. The molecule has 10 heteroatoms. The summed E-state index contributed by atoms with van der Waals surface area (Å²) >= 11 is 0. The second kappa shape index (κ2) is 7.46. The molecule has 5 rings (SSSR count). The van der Waals surface area contributed by atoms with E-state index in [1.807, 2.05) is 28.8 Å². The first-order valence-electron chi connectivity index (χ1n) is 10.3. The first-order valence-corrected chi connectivity index (χ1v) is 10.3. The summed E-state index contributed by atoms with van der Waals surface area (Å²) in [6.45, 7) is 3.29. The van der Waals surface area contributed by atoms with E-state index in [0.29, 0.717) is 25.2 Å². The number of piperidine rings is 1. The molecule has 0 spiro atoms. The third kappa shape index (κ3) is 3.20. The van der Waals surface area contributed by atoms with Gasteiger partial charge in [0.25, 0.3) is 11.5 Å². The van der Waals surface area contributed by atoms with Crippen LogP contribution in [0.25, 0.3) is 16.7 Å². The number of amides is 1. The average Bonchev–Trinajstić information content (AvgIpc) is 3.23. The van der Waals surface area contributed by atoms with Crippen molar-refractivity contribution < 1.29 is 4.79 Å². The minimum atomic E-state index is -0.543. The van der Waals surface area contributed by atoms with Gasteiger partial charge in [0.05, 0.1) is 10.9 Å². The molecular weight excluding hydrogens is 398 g/mol. The largest absolute Gasteiger partial charge is 0.338 e. The van der Waals surface area contributed by atoms with Crippen molar-refractivity contribution >= 4 is 22.6 Å². The molecule has 0 saturated carbocycles. The van der Waals surface area contributed by atoms with Crippen molar-refractivity contribution in [2.24, 2.45) is 0 Å². The number of H-pyrrole nitrogens is 1. The van der Waals surface area contributed by atoms with E-state index in [0.717, 1.165) is 24.3 Å². The predicted octanol–water partition coefficient (Wildman–Crippen LogP) is 1.17. The maximum atomic E-state index is 13.2. The molecule has 0 aliphatic carbocycles. The zero-order valence-electron chi connectivity index (χ0n) is 17.0. The third-order valence-corrected chi connectivity index (χ3v) is 5.81. The molecule has 4 aromatic heterocycles. The van der Waals surface area contributed by atoms with Crippen LogP contribution >= 0.6 is 0 Å². The Kier molecular flexibility index (Phi) is 4.61. The number of nitrogens with one attached hydrogen (secondary N) is 1. The number of nitrogens with zero attached hydrogens (tertiary/aromatic N) is 6. The molecule has 31 heavy (non-hydrogen) atoms. The monoisotopic (exact) mass is 419 g/mol. The Morgan fingerprint density at radius 1 is 1.26 bits per heavy atom. The lowest BCUT2D eigenvalue weighted by Gasteiger charge is -2.32. The number of rotatable bonds is 3. The zero-order valence-corrected chi connectivity index (χ0v) is 17.0. The summed E-state index contributed by atoms with van der Waals surface area (Å²) in [6, 6.07) is 7.26. The zero-order chi connectivity index (χ0) is 21.5. The van der Waals surface area contributed by atoms with Crippen LogP contribution in [0.5, 0.6) is 0 Å². The molecule has 5 heterocycles. The lowest BCUT2D eigenvalue weighted by molar-refractivity contribution is 0.0704. The van der Waals surface area contributed by atoms with Gasteiger partial charge in [-0.2, -0.15) is 0 Å². The Morgan fingerprint density at radius 2 is 2.13 bits per heavy atom. The van der Waals surface area contributed by atoms with Gasteiger partial charge in [-0.3, -0.25) is 23.5 Å². The van der Waals surface area contributed by atoms with Gasteiger partial charge in [0.1, 0.15) is 11.5 Å². The molecule has 1 fully saturated rings. The SMILES string of the molecule is CCn1c(=O)[nH]c(=O)c2cc(C(=O)N3CCCC(c4nnc5ccccn45)C3)cnc21. The van der Waals surface area contributed by atoms with Crippen molar-refractivity contribution in [2.75, 3.05) is 13.1 Å². The fraction of sp³-hybridized carbons (Fsp3) is 0.333. The molecule has 1 amide bonds. The van der Waals surface area contributed by atoms with Gasteiger partial charge < -0.3 is 4.90 Å². The Balaban J connectivity index is 1.46. The molecule has 0 radical (unpaired) electrons. The van der Waals surface area contributed by atoms with Crippen molar-refractivity contribution in [1.82, 2.24) is 34.0 Å². The second-order valence-electron chi connectivity index (χ2n) is 7.68. The standard InChI is InChI=1S/C21H21N7O3/c1-2-27-18-15(19(29)23-21(27)31)10-14(11-22-18)20(30)26-8-5-6-13(12-26)17-25-24-16-7-3-4-9-28(16)17/h3-4,7,9-11,13H,2,5-6,8,12H2,1H3,(H,23,29,31). The third-order valence-electron chi connectivity index (χ3n) is 5.81. The van der Waals surface area contributed by atoms with Crippen LogP contribution < -0.4 is 11.2 Å².